The van der Waals surface area contributed by atoms with Crippen molar-refractivity contribution < 1.29 is 23.2 Å². The molecule has 0 aliphatic carbocycles. The summed E-state index contributed by atoms with van der Waals surface area (Å²) in [6.45, 7) is 3.61. The topological polar surface area (TPSA) is 116 Å². The first-order chi connectivity index (χ1) is 12.5. The van der Waals surface area contributed by atoms with Gasteiger partial charge in [0.05, 0.1) is 21.7 Å². The molecule has 0 saturated carbocycles. The number of aryl methyl sites for hydroxylation is 2. The molecule has 0 aliphatic rings. The van der Waals surface area contributed by atoms with Gasteiger partial charge in [-0.25, -0.2) is 13.5 Å². The lowest BCUT2D eigenvalue weighted by atomic mass is 10.1. The molecule has 0 unspecified atom stereocenters. The van der Waals surface area contributed by atoms with Crippen LogP contribution in [-0.2, 0) is 9.84 Å². The van der Waals surface area contributed by atoms with Gasteiger partial charge in [-0.3, -0.25) is 25.6 Å². The zero-order chi connectivity index (χ0) is 20.4. The number of hydrogen-bond acceptors (Lipinski definition) is 6. The summed E-state index contributed by atoms with van der Waals surface area (Å²) in [4.78, 5) is 24.6. The van der Waals surface area contributed by atoms with Crippen molar-refractivity contribution in [2.45, 2.75) is 18.7 Å². The Morgan fingerprint density at radius 2 is 1.59 bits per heavy atom. The van der Waals surface area contributed by atoms with Crippen molar-refractivity contribution >= 4 is 27.3 Å². The first-order valence-corrected chi connectivity index (χ1v) is 9.85. The third-order valence-corrected chi connectivity index (χ3v) is 5.14. The fourth-order valence-electron chi connectivity index (χ4n) is 2.43. The van der Waals surface area contributed by atoms with E-state index >= 15 is 0 Å². The SMILES string of the molecule is Cc1cc(NNC(=O)c2ccccc2C(=O)N(C)O)c(S(C)(=O)=O)cc1C. The molecule has 144 valence electrons. The van der Waals surface area contributed by atoms with E-state index in [1.165, 1.54) is 18.2 Å². The maximum absolute atomic E-state index is 12.5. The van der Waals surface area contributed by atoms with Crippen LogP contribution in [0.3, 0.4) is 0 Å². The number of hydroxylamine groups is 2. The summed E-state index contributed by atoms with van der Waals surface area (Å²) in [5, 5.41) is 9.72. The lowest BCUT2D eigenvalue weighted by Crippen LogP contribution is -2.33. The van der Waals surface area contributed by atoms with Crippen LogP contribution in [0.1, 0.15) is 31.8 Å². The molecule has 27 heavy (non-hydrogen) atoms. The van der Waals surface area contributed by atoms with E-state index in [1.807, 2.05) is 6.92 Å². The van der Waals surface area contributed by atoms with E-state index < -0.39 is 21.7 Å². The molecule has 8 nitrogen and oxygen atoms in total. The average molecular weight is 391 g/mol. The van der Waals surface area contributed by atoms with E-state index in [0.29, 0.717) is 5.06 Å². The summed E-state index contributed by atoms with van der Waals surface area (Å²) in [5.74, 6) is -1.40. The van der Waals surface area contributed by atoms with Gasteiger partial charge in [-0.05, 0) is 49.2 Å². The fraction of sp³-hybridized carbons (Fsp3) is 0.222. The van der Waals surface area contributed by atoms with Crippen LogP contribution in [0, 0.1) is 13.8 Å². The molecule has 0 aromatic heterocycles. The number of rotatable bonds is 5. The van der Waals surface area contributed by atoms with Crippen molar-refractivity contribution in [2.75, 3.05) is 18.7 Å². The molecule has 0 radical (unpaired) electrons. The van der Waals surface area contributed by atoms with Crippen LogP contribution >= 0.6 is 0 Å². The molecular weight excluding hydrogens is 370 g/mol. The number of carbonyl (C=O) groups excluding carboxylic acids is 2. The van der Waals surface area contributed by atoms with E-state index in [9.17, 15) is 23.2 Å². The Labute approximate surface area is 157 Å². The first kappa shape index (κ1) is 20.4. The van der Waals surface area contributed by atoms with Gasteiger partial charge < -0.3 is 0 Å². The number of sulfone groups is 1. The number of carbonyl (C=O) groups is 2. The molecule has 2 amide bonds. The summed E-state index contributed by atoms with van der Waals surface area (Å²) < 4.78 is 24.0. The number of hydrogen-bond donors (Lipinski definition) is 3. The van der Waals surface area contributed by atoms with Gasteiger partial charge >= 0.3 is 0 Å². The highest BCUT2D eigenvalue weighted by Crippen LogP contribution is 2.25. The minimum atomic E-state index is -3.53. The normalized spacial score (nSPS) is 11.0. The van der Waals surface area contributed by atoms with E-state index in [4.69, 9.17) is 0 Å². The van der Waals surface area contributed by atoms with Gasteiger partial charge in [-0.15, -0.1) is 0 Å². The second-order valence-corrected chi connectivity index (χ2v) is 8.14. The highest BCUT2D eigenvalue weighted by molar-refractivity contribution is 7.90. The number of anilines is 1. The Hall–Kier alpha value is -2.91. The van der Waals surface area contributed by atoms with Crippen LogP contribution in [0.5, 0.6) is 0 Å². The standard InChI is InChI=1S/C18H21N3O5S/c1-11-9-15(16(10-12(11)2)27(4,25)26)19-20-17(22)13-7-5-6-8-14(13)18(23)21(3)24/h5-10,19,24H,1-4H3,(H,20,22). The average Bonchev–Trinajstić information content (AvgIpc) is 2.60. The molecule has 0 aliphatic heterocycles. The molecule has 0 heterocycles. The van der Waals surface area contributed by atoms with Gasteiger partial charge in [-0.1, -0.05) is 12.1 Å². The van der Waals surface area contributed by atoms with Crippen LogP contribution in [-0.4, -0.2) is 43.8 Å². The van der Waals surface area contributed by atoms with Crippen molar-refractivity contribution in [3.05, 3.63) is 58.7 Å². The Bertz CT molecular complexity index is 1000. The minimum Gasteiger partial charge on any atom is -0.297 e. The van der Waals surface area contributed by atoms with E-state index in [-0.39, 0.29) is 21.7 Å². The van der Waals surface area contributed by atoms with Crippen LogP contribution in [0.2, 0.25) is 0 Å². The zero-order valence-corrected chi connectivity index (χ0v) is 16.2. The second-order valence-electron chi connectivity index (χ2n) is 6.16. The van der Waals surface area contributed by atoms with Gasteiger partial charge in [0, 0.05) is 13.3 Å². The quantitative estimate of drug-likeness (QED) is 0.530. The molecule has 2 aromatic rings. The lowest BCUT2D eigenvalue weighted by Gasteiger charge is -2.16. The predicted molar refractivity (Wildman–Crippen MR) is 100 cm³/mol. The Morgan fingerprint density at radius 3 is 2.15 bits per heavy atom. The maximum Gasteiger partial charge on any atom is 0.277 e. The highest BCUT2D eigenvalue weighted by atomic mass is 32.2. The van der Waals surface area contributed by atoms with Crippen LogP contribution in [0.15, 0.2) is 41.3 Å². The third kappa shape index (κ3) is 4.63. The zero-order valence-electron chi connectivity index (χ0n) is 15.4. The second kappa shape index (κ2) is 7.77. The summed E-state index contributed by atoms with van der Waals surface area (Å²) in [5.41, 5.74) is 6.92. The summed E-state index contributed by atoms with van der Waals surface area (Å²) >= 11 is 0. The molecule has 3 N–H and O–H groups in total. The minimum absolute atomic E-state index is 0.00484. The summed E-state index contributed by atoms with van der Waals surface area (Å²) in [6, 6.07) is 9.10. The fourth-order valence-corrected chi connectivity index (χ4v) is 3.33. The Balaban J connectivity index is 2.33. The third-order valence-electron chi connectivity index (χ3n) is 4.00. The van der Waals surface area contributed by atoms with Gasteiger partial charge in [0.2, 0.25) is 0 Å². The van der Waals surface area contributed by atoms with Gasteiger partial charge in [0.25, 0.3) is 11.8 Å². The van der Waals surface area contributed by atoms with Gasteiger partial charge in [0.15, 0.2) is 9.84 Å². The number of nitrogens with one attached hydrogen (secondary N) is 2. The maximum atomic E-state index is 12.5. The predicted octanol–water partition coefficient (Wildman–Crippen LogP) is 1.93. The van der Waals surface area contributed by atoms with E-state index in [1.54, 1.807) is 25.1 Å². The number of hydrazine groups is 1. The molecule has 0 saturated heterocycles. The number of amides is 2. The van der Waals surface area contributed by atoms with Crippen molar-refractivity contribution in [2.24, 2.45) is 0 Å². The lowest BCUT2D eigenvalue weighted by molar-refractivity contribution is -0.0375. The highest BCUT2D eigenvalue weighted by Gasteiger charge is 2.20. The van der Waals surface area contributed by atoms with Gasteiger partial charge in [-0.2, -0.15) is 0 Å². The van der Waals surface area contributed by atoms with E-state index in [2.05, 4.69) is 10.9 Å². The van der Waals surface area contributed by atoms with Crippen molar-refractivity contribution in [3.8, 4) is 0 Å². The number of nitrogens with zero attached hydrogens (tertiary/aromatic N) is 1. The van der Waals surface area contributed by atoms with Crippen molar-refractivity contribution in [3.63, 3.8) is 0 Å². The molecule has 0 atom stereocenters. The molecule has 2 aromatic carbocycles. The molecule has 2 rings (SSSR count). The summed E-state index contributed by atoms with van der Waals surface area (Å²) in [7, 11) is -2.37. The van der Waals surface area contributed by atoms with Crippen LogP contribution < -0.4 is 10.9 Å². The Morgan fingerprint density at radius 1 is 1.04 bits per heavy atom. The van der Waals surface area contributed by atoms with Crippen LogP contribution in [0.25, 0.3) is 0 Å². The molecule has 9 heteroatoms. The van der Waals surface area contributed by atoms with E-state index in [0.717, 1.165) is 24.4 Å². The monoisotopic (exact) mass is 391 g/mol. The molecule has 0 fully saturated rings. The van der Waals surface area contributed by atoms with Crippen molar-refractivity contribution in [1.29, 1.82) is 0 Å². The van der Waals surface area contributed by atoms with Gasteiger partial charge in [0.1, 0.15) is 0 Å². The largest absolute Gasteiger partial charge is 0.297 e. The first-order valence-electron chi connectivity index (χ1n) is 7.96. The van der Waals surface area contributed by atoms with Crippen molar-refractivity contribution in [1.82, 2.24) is 10.5 Å². The Kier molecular flexibility index (Phi) is 5.87. The molecular formula is C18H21N3O5S. The molecule has 0 bridgehead atoms. The number of benzene rings is 2. The smallest absolute Gasteiger partial charge is 0.277 e. The molecule has 0 spiro atoms. The summed E-state index contributed by atoms with van der Waals surface area (Å²) in [6.07, 6.45) is 1.08. The van der Waals surface area contributed by atoms with Crippen LogP contribution in [0.4, 0.5) is 5.69 Å².